The average Bonchev–Trinajstić information content (AvgIpc) is 3.36. The van der Waals surface area contributed by atoms with Crippen LogP contribution in [0.5, 0.6) is 11.5 Å². The number of rotatable bonds is 8. The van der Waals surface area contributed by atoms with Crippen LogP contribution in [0.2, 0.25) is 0 Å². The van der Waals surface area contributed by atoms with Crippen molar-refractivity contribution in [3.8, 4) is 22.9 Å². The molecule has 7 heteroatoms. The van der Waals surface area contributed by atoms with Crippen LogP contribution in [0.1, 0.15) is 69.6 Å². The fourth-order valence-corrected chi connectivity index (χ4v) is 4.22. The Balaban J connectivity index is 1.32. The Hall–Kier alpha value is -2.57. The minimum Gasteiger partial charge on any atom is -0.481 e. The molecule has 0 bridgehead atoms. The van der Waals surface area contributed by atoms with Crippen molar-refractivity contribution >= 4 is 5.97 Å². The molecule has 2 heterocycles. The number of nitrogens with zero attached hydrogens (tertiary/aromatic N) is 2. The van der Waals surface area contributed by atoms with Crippen LogP contribution in [0.3, 0.4) is 0 Å². The molecule has 0 radical (unpaired) electrons. The fourth-order valence-electron chi connectivity index (χ4n) is 4.22. The van der Waals surface area contributed by atoms with Gasteiger partial charge in [0, 0.05) is 17.9 Å². The second-order valence-corrected chi connectivity index (χ2v) is 7.75. The summed E-state index contributed by atoms with van der Waals surface area (Å²) in [6.07, 6.45) is 8.84. The predicted octanol–water partition coefficient (Wildman–Crippen LogP) is 4.77. The lowest BCUT2D eigenvalue weighted by Gasteiger charge is -2.26. The smallest absolute Gasteiger partial charge is 0.303 e. The molecular formula is C21H26N2O5. The SMILES string of the molecule is O=C(O)CCCCCC1CCCC(c2nc(-c3ccc4c(c3)OCO4)no2)C1. The van der Waals surface area contributed by atoms with E-state index in [1.165, 1.54) is 12.8 Å². The summed E-state index contributed by atoms with van der Waals surface area (Å²) < 4.78 is 16.4. The molecule has 0 amide bonds. The van der Waals surface area contributed by atoms with Gasteiger partial charge < -0.3 is 19.1 Å². The van der Waals surface area contributed by atoms with Gasteiger partial charge in [-0.25, -0.2) is 0 Å². The molecule has 1 aliphatic carbocycles. The Morgan fingerprint density at radius 2 is 2.04 bits per heavy atom. The number of carbonyl (C=O) groups is 1. The van der Waals surface area contributed by atoms with Gasteiger partial charge >= 0.3 is 5.97 Å². The number of carboxylic acid groups (broad SMARTS) is 1. The van der Waals surface area contributed by atoms with Crippen molar-refractivity contribution in [2.75, 3.05) is 6.79 Å². The number of ether oxygens (including phenoxy) is 2. The van der Waals surface area contributed by atoms with E-state index in [0.717, 1.165) is 55.7 Å². The summed E-state index contributed by atoms with van der Waals surface area (Å²) in [4.78, 5) is 15.2. The van der Waals surface area contributed by atoms with Gasteiger partial charge in [0.2, 0.25) is 18.5 Å². The Kier molecular flexibility index (Phi) is 5.78. The highest BCUT2D eigenvalue weighted by Gasteiger charge is 2.27. The van der Waals surface area contributed by atoms with Gasteiger partial charge in [-0.2, -0.15) is 4.98 Å². The summed E-state index contributed by atoms with van der Waals surface area (Å²) in [7, 11) is 0. The minimum atomic E-state index is -0.701. The summed E-state index contributed by atoms with van der Waals surface area (Å²) >= 11 is 0. The maximum Gasteiger partial charge on any atom is 0.303 e. The highest BCUT2D eigenvalue weighted by Crippen LogP contribution is 2.39. The average molecular weight is 386 g/mol. The lowest BCUT2D eigenvalue weighted by atomic mass is 9.79. The van der Waals surface area contributed by atoms with Crippen LogP contribution in [-0.4, -0.2) is 28.0 Å². The third kappa shape index (κ3) is 4.46. The van der Waals surface area contributed by atoms with E-state index in [4.69, 9.17) is 19.1 Å². The molecule has 2 aromatic rings. The molecule has 150 valence electrons. The summed E-state index contributed by atoms with van der Waals surface area (Å²) in [5, 5.41) is 12.9. The van der Waals surface area contributed by atoms with Crippen LogP contribution in [0.25, 0.3) is 11.4 Å². The molecule has 1 saturated carbocycles. The van der Waals surface area contributed by atoms with Crippen molar-refractivity contribution in [1.29, 1.82) is 0 Å². The second kappa shape index (κ2) is 8.63. The first-order chi connectivity index (χ1) is 13.7. The molecule has 1 aliphatic heterocycles. The van der Waals surface area contributed by atoms with E-state index < -0.39 is 5.97 Å². The van der Waals surface area contributed by atoms with Gasteiger partial charge in [0.05, 0.1) is 0 Å². The Bertz CT molecular complexity index is 819. The first-order valence-electron chi connectivity index (χ1n) is 10.1. The molecule has 0 spiro atoms. The molecule has 2 aliphatic rings. The monoisotopic (exact) mass is 386 g/mol. The molecule has 1 fully saturated rings. The predicted molar refractivity (Wildman–Crippen MR) is 101 cm³/mol. The third-order valence-corrected chi connectivity index (χ3v) is 5.71. The van der Waals surface area contributed by atoms with Gasteiger partial charge in [-0.15, -0.1) is 0 Å². The van der Waals surface area contributed by atoms with Gasteiger partial charge in [-0.05, 0) is 43.4 Å². The zero-order chi connectivity index (χ0) is 19.3. The van der Waals surface area contributed by atoms with Crippen molar-refractivity contribution in [2.24, 2.45) is 5.92 Å². The Labute approximate surface area is 164 Å². The fraction of sp³-hybridized carbons (Fsp3) is 0.571. The zero-order valence-electron chi connectivity index (χ0n) is 15.9. The van der Waals surface area contributed by atoms with Crippen molar-refractivity contribution in [3.63, 3.8) is 0 Å². The molecule has 1 aromatic carbocycles. The summed E-state index contributed by atoms with van der Waals surface area (Å²) in [5.74, 6) is 3.03. The van der Waals surface area contributed by atoms with Crippen LogP contribution in [0.15, 0.2) is 22.7 Å². The van der Waals surface area contributed by atoms with Crippen molar-refractivity contribution in [3.05, 3.63) is 24.1 Å². The molecule has 7 nitrogen and oxygen atoms in total. The second-order valence-electron chi connectivity index (χ2n) is 7.75. The highest BCUT2D eigenvalue weighted by molar-refractivity contribution is 5.66. The first-order valence-corrected chi connectivity index (χ1v) is 10.1. The van der Waals surface area contributed by atoms with Gasteiger partial charge in [-0.3, -0.25) is 4.79 Å². The molecule has 0 saturated heterocycles. The Morgan fingerprint density at radius 1 is 1.14 bits per heavy atom. The minimum absolute atomic E-state index is 0.246. The summed E-state index contributed by atoms with van der Waals surface area (Å²) in [6.45, 7) is 0.246. The molecule has 2 unspecified atom stereocenters. The maximum absolute atomic E-state index is 10.6. The topological polar surface area (TPSA) is 94.7 Å². The van der Waals surface area contributed by atoms with Gasteiger partial charge in [0.1, 0.15) is 0 Å². The van der Waals surface area contributed by atoms with Crippen molar-refractivity contribution < 1.29 is 23.9 Å². The van der Waals surface area contributed by atoms with E-state index >= 15 is 0 Å². The number of aliphatic carboxylic acids is 1. The molecule has 4 rings (SSSR count). The van der Waals surface area contributed by atoms with Gasteiger partial charge in [0.25, 0.3) is 0 Å². The number of aromatic nitrogens is 2. The number of hydrogen-bond donors (Lipinski definition) is 1. The molecule has 28 heavy (non-hydrogen) atoms. The van der Waals surface area contributed by atoms with Crippen molar-refractivity contribution in [2.45, 2.75) is 63.7 Å². The first kappa shape index (κ1) is 18.8. The molecule has 1 N–H and O–H groups in total. The normalized spacial score (nSPS) is 21.0. The third-order valence-electron chi connectivity index (χ3n) is 5.71. The lowest BCUT2D eigenvalue weighted by Crippen LogP contribution is -2.14. The quantitative estimate of drug-likeness (QED) is 0.653. The number of fused-ring (bicyclic) bond motifs is 1. The molecular weight excluding hydrogens is 360 g/mol. The van der Waals surface area contributed by atoms with E-state index in [9.17, 15) is 4.79 Å². The lowest BCUT2D eigenvalue weighted by molar-refractivity contribution is -0.137. The standard InChI is InChI=1S/C21H26N2O5/c24-19(25)8-3-1-2-5-14-6-4-7-16(11-14)21-22-20(23-28-21)15-9-10-17-18(12-15)27-13-26-17/h9-10,12,14,16H,1-8,11,13H2,(H,24,25). The maximum atomic E-state index is 10.6. The number of hydrogen-bond acceptors (Lipinski definition) is 6. The van der Waals surface area contributed by atoms with Crippen LogP contribution in [0.4, 0.5) is 0 Å². The van der Waals surface area contributed by atoms with E-state index in [0.29, 0.717) is 23.4 Å². The number of carboxylic acids is 1. The summed E-state index contributed by atoms with van der Waals surface area (Å²) in [6, 6.07) is 5.68. The van der Waals surface area contributed by atoms with Gasteiger partial charge in [0.15, 0.2) is 11.5 Å². The van der Waals surface area contributed by atoms with Crippen LogP contribution in [-0.2, 0) is 4.79 Å². The molecule has 1 aromatic heterocycles. The Morgan fingerprint density at radius 3 is 2.93 bits per heavy atom. The molecule has 2 atom stereocenters. The summed E-state index contributed by atoms with van der Waals surface area (Å²) in [5.41, 5.74) is 0.866. The van der Waals surface area contributed by atoms with E-state index in [1.54, 1.807) is 0 Å². The van der Waals surface area contributed by atoms with Crippen LogP contribution < -0.4 is 9.47 Å². The van der Waals surface area contributed by atoms with E-state index in [-0.39, 0.29) is 13.2 Å². The number of benzene rings is 1. The van der Waals surface area contributed by atoms with E-state index in [1.807, 2.05) is 18.2 Å². The van der Waals surface area contributed by atoms with Crippen LogP contribution in [0, 0.1) is 5.92 Å². The zero-order valence-corrected chi connectivity index (χ0v) is 15.9. The highest BCUT2D eigenvalue weighted by atomic mass is 16.7. The van der Waals surface area contributed by atoms with Crippen LogP contribution >= 0.6 is 0 Å². The van der Waals surface area contributed by atoms with Crippen molar-refractivity contribution in [1.82, 2.24) is 10.1 Å². The number of unbranched alkanes of at least 4 members (excludes halogenated alkanes) is 2. The van der Waals surface area contributed by atoms with Gasteiger partial charge in [-0.1, -0.05) is 37.3 Å². The van der Waals surface area contributed by atoms with E-state index in [2.05, 4.69) is 10.1 Å². The largest absolute Gasteiger partial charge is 0.481 e.